The summed E-state index contributed by atoms with van der Waals surface area (Å²) in [5.41, 5.74) is 2.90. The molecular weight excluding hydrogens is 341 g/mol. The topological polar surface area (TPSA) is 39.3 Å². The van der Waals surface area contributed by atoms with Gasteiger partial charge in [0, 0.05) is 49.2 Å². The van der Waals surface area contributed by atoms with Gasteiger partial charge in [-0.2, -0.15) is 0 Å². The highest BCUT2D eigenvalue weighted by atomic mass is 19.1. The van der Waals surface area contributed by atoms with E-state index < -0.39 is 0 Å². The molecule has 0 saturated carbocycles. The molecule has 1 fully saturated rings. The summed E-state index contributed by atoms with van der Waals surface area (Å²) in [6.45, 7) is 4.57. The molecule has 2 heterocycles. The number of carbonyl (C=O) groups is 1. The fourth-order valence-corrected chi connectivity index (χ4v) is 3.91. The van der Waals surface area contributed by atoms with Gasteiger partial charge in [-0.05, 0) is 30.2 Å². The largest absolute Gasteiger partial charge is 0.366 e. The Morgan fingerprint density at radius 2 is 1.78 bits per heavy atom. The zero-order valence-electron chi connectivity index (χ0n) is 15.5. The molecule has 27 heavy (non-hydrogen) atoms. The molecule has 0 unspecified atom stereocenters. The normalized spacial score (nSPS) is 15.9. The highest BCUT2D eigenvalue weighted by Gasteiger charge is 2.26. The summed E-state index contributed by atoms with van der Waals surface area (Å²) in [4.78, 5) is 20.1. The van der Waals surface area contributed by atoms with Crippen LogP contribution in [0.5, 0.6) is 0 Å². The average Bonchev–Trinajstić information content (AvgIpc) is 3.11. The van der Waals surface area contributed by atoms with Crippen LogP contribution in [0.1, 0.15) is 12.5 Å². The molecule has 2 aromatic carbocycles. The van der Waals surface area contributed by atoms with Gasteiger partial charge in [0.15, 0.2) is 0 Å². The SMILES string of the molecule is C[C@@H](Cc1c[nH]c2ccccc12)C(=O)N1CCN(c2ccccc2F)CC1. The first kappa shape index (κ1) is 17.6. The molecule has 1 atom stereocenters. The molecule has 0 bridgehead atoms. The molecule has 5 heteroatoms. The number of H-pyrrole nitrogens is 1. The predicted octanol–water partition coefficient (Wildman–Crippen LogP) is 3.83. The number of hydrogen-bond acceptors (Lipinski definition) is 2. The monoisotopic (exact) mass is 365 g/mol. The number of piperazine rings is 1. The van der Waals surface area contributed by atoms with Crippen LogP contribution >= 0.6 is 0 Å². The van der Waals surface area contributed by atoms with Gasteiger partial charge in [0.1, 0.15) is 5.82 Å². The van der Waals surface area contributed by atoms with E-state index in [0.717, 1.165) is 11.9 Å². The third kappa shape index (κ3) is 3.54. The number of hydrogen-bond donors (Lipinski definition) is 1. The molecule has 1 aromatic heterocycles. The number of nitrogens with one attached hydrogen (secondary N) is 1. The van der Waals surface area contributed by atoms with Crippen molar-refractivity contribution in [2.75, 3.05) is 31.1 Å². The summed E-state index contributed by atoms with van der Waals surface area (Å²) in [5.74, 6) is -0.109. The molecule has 0 spiro atoms. The van der Waals surface area contributed by atoms with Crippen LogP contribution in [0.15, 0.2) is 54.7 Å². The van der Waals surface area contributed by atoms with E-state index in [9.17, 15) is 9.18 Å². The van der Waals surface area contributed by atoms with E-state index in [1.54, 1.807) is 12.1 Å². The minimum absolute atomic E-state index is 0.0794. The van der Waals surface area contributed by atoms with Crippen molar-refractivity contribution in [1.29, 1.82) is 0 Å². The van der Waals surface area contributed by atoms with E-state index >= 15 is 0 Å². The Bertz CT molecular complexity index is 943. The lowest BCUT2D eigenvalue weighted by Gasteiger charge is -2.37. The van der Waals surface area contributed by atoms with Crippen LogP contribution < -0.4 is 4.90 Å². The van der Waals surface area contributed by atoms with Crippen LogP contribution in [0, 0.1) is 11.7 Å². The summed E-state index contributed by atoms with van der Waals surface area (Å²) in [7, 11) is 0. The van der Waals surface area contributed by atoms with Gasteiger partial charge in [0.2, 0.25) is 5.91 Å². The van der Waals surface area contributed by atoms with Gasteiger partial charge < -0.3 is 14.8 Å². The van der Waals surface area contributed by atoms with Crippen molar-refractivity contribution in [3.05, 3.63) is 66.1 Å². The molecule has 0 radical (unpaired) electrons. The van der Waals surface area contributed by atoms with Crippen LogP contribution in [-0.4, -0.2) is 42.0 Å². The minimum atomic E-state index is -0.204. The van der Waals surface area contributed by atoms with E-state index in [1.165, 1.54) is 17.0 Å². The molecule has 4 rings (SSSR count). The highest BCUT2D eigenvalue weighted by Crippen LogP contribution is 2.23. The summed E-state index contributed by atoms with van der Waals surface area (Å²) < 4.78 is 14.0. The van der Waals surface area contributed by atoms with Gasteiger partial charge in [0.05, 0.1) is 5.69 Å². The highest BCUT2D eigenvalue weighted by molar-refractivity contribution is 5.85. The van der Waals surface area contributed by atoms with Gasteiger partial charge in [-0.1, -0.05) is 37.3 Å². The van der Waals surface area contributed by atoms with Crippen molar-refractivity contribution < 1.29 is 9.18 Å². The van der Waals surface area contributed by atoms with Crippen molar-refractivity contribution >= 4 is 22.5 Å². The number of rotatable bonds is 4. The summed E-state index contributed by atoms with van der Waals surface area (Å²) >= 11 is 0. The van der Waals surface area contributed by atoms with E-state index in [0.29, 0.717) is 31.9 Å². The molecule has 4 nitrogen and oxygen atoms in total. The summed E-state index contributed by atoms with van der Waals surface area (Å²) in [6, 6.07) is 15.0. The first-order valence-corrected chi connectivity index (χ1v) is 9.47. The fourth-order valence-electron chi connectivity index (χ4n) is 3.91. The fraction of sp³-hybridized carbons (Fsp3) is 0.318. The van der Waals surface area contributed by atoms with Crippen molar-refractivity contribution in [3.8, 4) is 0 Å². The standard InChI is InChI=1S/C22H24FN3O/c1-16(14-17-15-24-20-8-4-2-6-18(17)20)22(27)26-12-10-25(11-13-26)21-9-5-3-7-19(21)23/h2-9,15-16,24H,10-14H2,1H3/t16-/m0/s1. The Labute approximate surface area is 158 Å². The number of benzene rings is 2. The number of amides is 1. The minimum Gasteiger partial charge on any atom is -0.366 e. The Morgan fingerprint density at radius 1 is 1.07 bits per heavy atom. The van der Waals surface area contributed by atoms with Gasteiger partial charge in [0.25, 0.3) is 0 Å². The van der Waals surface area contributed by atoms with Gasteiger partial charge in [-0.3, -0.25) is 4.79 Å². The first-order valence-electron chi connectivity index (χ1n) is 9.47. The second kappa shape index (κ2) is 7.43. The van der Waals surface area contributed by atoms with E-state index in [4.69, 9.17) is 0 Å². The van der Waals surface area contributed by atoms with Crippen molar-refractivity contribution in [2.45, 2.75) is 13.3 Å². The van der Waals surface area contributed by atoms with Crippen LogP contribution in [0.4, 0.5) is 10.1 Å². The average molecular weight is 365 g/mol. The van der Waals surface area contributed by atoms with Crippen molar-refractivity contribution in [2.24, 2.45) is 5.92 Å². The zero-order valence-corrected chi connectivity index (χ0v) is 15.5. The lowest BCUT2D eigenvalue weighted by molar-refractivity contribution is -0.135. The Hall–Kier alpha value is -2.82. The maximum absolute atomic E-state index is 14.0. The van der Waals surface area contributed by atoms with Crippen molar-refractivity contribution in [1.82, 2.24) is 9.88 Å². The zero-order chi connectivity index (χ0) is 18.8. The molecule has 1 aliphatic heterocycles. The summed E-state index contributed by atoms with van der Waals surface area (Å²) in [5, 5.41) is 1.18. The second-order valence-electron chi connectivity index (χ2n) is 7.23. The lowest BCUT2D eigenvalue weighted by Crippen LogP contribution is -2.50. The van der Waals surface area contributed by atoms with Gasteiger partial charge >= 0.3 is 0 Å². The van der Waals surface area contributed by atoms with Crippen LogP contribution in [0.25, 0.3) is 10.9 Å². The molecule has 0 aliphatic carbocycles. The predicted molar refractivity (Wildman–Crippen MR) is 106 cm³/mol. The van der Waals surface area contributed by atoms with Crippen LogP contribution in [0.3, 0.4) is 0 Å². The van der Waals surface area contributed by atoms with Gasteiger partial charge in [-0.15, -0.1) is 0 Å². The number of para-hydroxylation sites is 2. The van der Waals surface area contributed by atoms with Crippen LogP contribution in [0.2, 0.25) is 0 Å². The Kier molecular flexibility index (Phi) is 4.84. The number of aromatic amines is 1. The molecular formula is C22H24FN3O. The number of halogens is 1. The summed E-state index contributed by atoms with van der Waals surface area (Å²) in [6.07, 6.45) is 2.72. The first-order chi connectivity index (χ1) is 13.1. The molecule has 140 valence electrons. The van der Waals surface area contributed by atoms with E-state index in [2.05, 4.69) is 11.1 Å². The number of nitrogens with zero attached hydrogens (tertiary/aromatic N) is 2. The Morgan fingerprint density at radius 3 is 2.56 bits per heavy atom. The number of fused-ring (bicyclic) bond motifs is 1. The smallest absolute Gasteiger partial charge is 0.225 e. The van der Waals surface area contributed by atoms with Gasteiger partial charge in [-0.25, -0.2) is 4.39 Å². The number of carbonyl (C=O) groups excluding carboxylic acids is 1. The molecule has 3 aromatic rings. The van der Waals surface area contributed by atoms with Crippen molar-refractivity contribution in [3.63, 3.8) is 0 Å². The Balaban J connectivity index is 1.38. The number of aromatic nitrogens is 1. The number of anilines is 1. The third-order valence-electron chi connectivity index (χ3n) is 5.41. The van der Waals surface area contributed by atoms with Crippen LogP contribution in [-0.2, 0) is 11.2 Å². The molecule has 1 saturated heterocycles. The third-order valence-corrected chi connectivity index (χ3v) is 5.41. The maximum Gasteiger partial charge on any atom is 0.225 e. The quantitative estimate of drug-likeness (QED) is 0.763. The van der Waals surface area contributed by atoms with E-state index in [1.807, 2.05) is 47.2 Å². The molecule has 1 amide bonds. The second-order valence-corrected chi connectivity index (χ2v) is 7.23. The molecule has 1 N–H and O–H groups in total. The lowest BCUT2D eigenvalue weighted by atomic mass is 9.99. The van der Waals surface area contributed by atoms with E-state index in [-0.39, 0.29) is 17.6 Å². The maximum atomic E-state index is 14.0. The molecule has 1 aliphatic rings.